The maximum atomic E-state index is 13.2. The molecule has 7 rings (SSSR count). The number of hydrogen-bond acceptors (Lipinski definition) is 3. The van der Waals surface area contributed by atoms with Crippen molar-refractivity contribution in [1.29, 1.82) is 0 Å². The van der Waals surface area contributed by atoms with E-state index in [0.717, 1.165) is 41.8 Å². The second-order valence-electron chi connectivity index (χ2n) is 9.82. The molecule has 3 aromatic rings. The summed E-state index contributed by atoms with van der Waals surface area (Å²) in [5, 5.41) is 0. The van der Waals surface area contributed by atoms with E-state index in [2.05, 4.69) is 77.7 Å². The quantitative estimate of drug-likeness (QED) is 0.448. The van der Waals surface area contributed by atoms with Crippen molar-refractivity contribution < 1.29 is 4.79 Å². The Morgan fingerprint density at radius 3 is 2.29 bits per heavy atom. The summed E-state index contributed by atoms with van der Waals surface area (Å²) in [5.74, 6) is 0.716. The number of benzene rings is 3. The van der Waals surface area contributed by atoms with E-state index in [1.165, 1.54) is 23.2 Å². The Hall–Kier alpha value is -3.72. The highest BCUT2D eigenvalue weighted by atomic mass is 16.1. The molecule has 0 unspecified atom stereocenters. The summed E-state index contributed by atoms with van der Waals surface area (Å²) in [7, 11) is 0. The van der Waals surface area contributed by atoms with Crippen LogP contribution in [0.2, 0.25) is 0 Å². The lowest BCUT2D eigenvalue weighted by molar-refractivity contribution is 0.0683. The van der Waals surface area contributed by atoms with Gasteiger partial charge in [0.05, 0.1) is 11.4 Å². The summed E-state index contributed by atoms with van der Waals surface area (Å²) < 4.78 is 0. The van der Waals surface area contributed by atoms with Crippen molar-refractivity contribution in [3.63, 3.8) is 0 Å². The van der Waals surface area contributed by atoms with Crippen LogP contribution in [0.1, 0.15) is 58.6 Å². The lowest BCUT2D eigenvalue weighted by atomic mass is 9.66. The molecule has 0 aromatic heterocycles. The SMILES string of the molecule is O=C1C=C2C(=N[C@]34CCCC[C@@H]3[C@H](c3ccccc3)C=C(c3ccccc3)N24)c2ccccc21. The fourth-order valence-electron chi connectivity index (χ4n) is 6.64. The molecule has 3 heteroatoms. The molecular weight excluding hydrogens is 416 g/mol. The van der Waals surface area contributed by atoms with E-state index >= 15 is 0 Å². The number of hydrogen-bond donors (Lipinski definition) is 0. The summed E-state index contributed by atoms with van der Waals surface area (Å²) in [4.78, 5) is 21.2. The average Bonchev–Trinajstić information content (AvgIpc) is 3.23. The van der Waals surface area contributed by atoms with Crippen molar-refractivity contribution in [1.82, 2.24) is 4.90 Å². The largest absolute Gasteiger partial charge is 0.313 e. The third-order valence-electron chi connectivity index (χ3n) is 8.06. The summed E-state index contributed by atoms with van der Waals surface area (Å²) in [5.41, 5.74) is 7.02. The predicted octanol–water partition coefficient (Wildman–Crippen LogP) is 6.60. The van der Waals surface area contributed by atoms with Crippen LogP contribution in [0.3, 0.4) is 0 Å². The number of ketones is 1. The minimum absolute atomic E-state index is 0.0755. The average molecular weight is 443 g/mol. The summed E-state index contributed by atoms with van der Waals surface area (Å²) in [6, 6.07) is 29.5. The molecule has 3 atom stereocenters. The molecule has 1 fully saturated rings. The molecule has 0 bridgehead atoms. The van der Waals surface area contributed by atoms with Crippen LogP contribution in [0.5, 0.6) is 0 Å². The smallest absolute Gasteiger partial charge is 0.188 e. The predicted molar refractivity (Wildman–Crippen MR) is 136 cm³/mol. The zero-order valence-electron chi connectivity index (χ0n) is 19.0. The van der Waals surface area contributed by atoms with E-state index in [4.69, 9.17) is 4.99 Å². The Morgan fingerprint density at radius 2 is 1.50 bits per heavy atom. The summed E-state index contributed by atoms with van der Waals surface area (Å²) >= 11 is 0. The van der Waals surface area contributed by atoms with Crippen LogP contribution in [-0.2, 0) is 0 Å². The molecule has 1 spiro atoms. The van der Waals surface area contributed by atoms with Gasteiger partial charge < -0.3 is 4.90 Å². The topological polar surface area (TPSA) is 32.7 Å². The van der Waals surface area contributed by atoms with Gasteiger partial charge in [-0.15, -0.1) is 0 Å². The highest BCUT2D eigenvalue weighted by Crippen LogP contribution is 2.58. The van der Waals surface area contributed by atoms with E-state index in [0.29, 0.717) is 5.92 Å². The van der Waals surface area contributed by atoms with Gasteiger partial charge in [-0.1, -0.05) is 97.4 Å². The maximum absolute atomic E-state index is 13.2. The number of aliphatic imine (C=N–C) groups is 1. The standard InChI is InChI=1S/C31H26N2O/c34-29-20-28-30(24-16-8-7-15-23(24)29)32-31-18-10-9-17-26(31)25(21-11-3-1-4-12-21)19-27(33(28)31)22-13-5-2-6-14-22/h1-8,11-16,19-20,25-26H,9-10,17-18H2/t25-,26+,31-/m0/s1. The normalized spacial score (nSPS) is 27.0. The van der Waals surface area contributed by atoms with E-state index in [9.17, 15) is 4.79 Å². The van der Waals surface area contributed by atoms with Gasteiger partial charge in [-0.25, -0.2) is 0 Å². The van der Waals surface area contributed by atoms with Gasteiger partial charge in [0.2, 0.25) is 0 Å². The molecule has 166 valence electrons. The van der Waals surface area contributed by atoms with E-state index in [1.54, 1.807) is 0 Å². The van der Waals surface area contributed by atoms with Crippen molar-refractivity contribution in [3.05, 3.63) is 125 Å². The van der Waals surface area contributed by atoms with Crippen molar-refractivity contribution in [2.24, 2.45) is 10.9 Å². The van der Waals surface area contributed by atoms with Crippen LogP contribution in [0.15, 0.2) is 108 Å². The fourth-order valence-corrected chi connectivity index (χ4v) is 6.64. The third kappa shape index (κ3) is 2.70. The van der Waals surface area contributed by atoms with Gasteiger partial charge in [-0.2, -0.15) is 0 Å². The van der Waals surface area contributed by atoms with Crippen LogP contribution in [-0.4, -0.2) is 22.1 Å². The second-order valence-corrected chi connectivity index (χ2v) is 9.82. The zero-order chi connectivity index (χ0) is 22.7. The first kappa shape index (κ1) is 19.7. The highest BCUT2D eigenvalue weighted by molar-refractivity contribution is 6.27. The van der Waals surface area contributed by atoms with Crippen molar-refractivity contribution in [3.8, 4) is 0 Å². The first-order valence-electron chi connectivity index (χ1n) is 12.3. The Bertz CT molecular complexity index is 1390. The molecular formula is C31H26N2O. The Morgan fingerprint density at radius 1 is 0.794 bits per heavy atom. The lowest BCUT2D eigenvalue weighted by Crippen LogP contribution is -2.54. The second kappa shape index (κ2) is 7.39. The molecule has 0 saturated heterocycles. The Balaban J connectivity index is 1.51. The zero-order valence-corrected chi connectivity index (χ0v) is 19.0. The first-order chi connectivity index (χ1) is 16.8. The molecule has 3 aromatic carbocycles. The van der Waals surface area contributed by atoms with Crippen molar-refractivity contribution in [2.75, 3.05) is 0 Å². The number of nitrogens with zero attached hydrogens (tertiary/aromatic N) is 2. The number of carbonyl (C=O) groups excluding carboxylic acids is 1. The summed E-state index contributed by atoms with van der Waals surface area (Å²) in [6.45, 7) is 0. The molecule has 3 nitrogen and oxygen atoms in total. The number of carbonyl (C=O) groups is 1. The van der Waals surface area contributed by atoms with E-state index in [-0.39, 0.29) is 17.4 Å². The number of fused-ring (bicyclic) bond motifs is 4. The van der Waals surface area contributed by atoms with Crippen LogP contribution < -0.4 is 0 Å². The minimum atomic E-state index is -0.364. The van der Waals surface area contributed by atoms with Crippen LogP contribution in [0, 0.1) is 5.92 Å². The molecule has 0 amide bonds. The summed E-state index contributed by atoms with van der Waals surface area (Å²) in [6.07, 6.45) is 8.79. The molecule has 34 heavy (non-hydrogen) atoms. The molecule has 4 aliphatic rings. The highest BCUT2D eigenvalue weighted by Gasteiger charge is 2.57. The van der Waals surface area contributed by atoms with Gasteiger partial charge in [0, 0.05) is 34.7 Å². The number of rotatable bonds is 2. The molecule has 0 radical (unpaired) electrons. The monoisotopic (exact) mass is 442 g/mol. The van der Waals surface area contributed by atoms with Crippen molar-refractivity contribution >= 4 is 17.2 Å². The van der Waals surface area contributed by atoms with Crippen LogP contribution >= 0.6 is 0 Å². The van der Waals surface area contributed by atoms with Gasteiger partial charge in [-0.3, -0.25) is 9.79 Å². The molecule has 1 saturated carbocycles. The van der Waals surface area contributed by atoms with E-state index < -0.39 is 0 Å². The van der Waals surface area contributed by atoms with Gasteiger partial charge in [-0.05, 0) is 30.4 Å². The molecule has 2 aliphatic carbocycles. The Labute approximate surface area is 200 Å². The van der Waals surface area contributed by atoms with Crippen LogP contribution in [0.25, 0.3) is 5.70 Å². The Kier molecular flexibility index (Phi) is 4.29. The van der Waals surface area contributed by atoms with Gasteiger partial charge >= 0.3 is 0 Å². The molecule has 2 heterocycles. The fraction of sp³-hybridized carbons (Fsp3) is 0.226. The van der Waals surface area contributed by atoms with Gasteiger partial charge in [0.25, 0.3) is 0 Å². The maximum Gasteiger partial charge on any atom is 0.188 e. The van der Waals surface area contributed by atoms with Gasteiger partial charge in [0.15, 0.2) is 5.78 Å². The number of allylic oxidation sites excluding steroid dienone is 3. The van der Waals surface area contributed by atoms with Crippen molar-refractivity contribution in [2.45, 2.75) is 37.3 Å². The molecule has 0 N–H and O–H groups in total. The third-order valence-corrected chi connectivity index (χ3v) is 8.06. The van der Waals surface area contributed by atoms with Crippen LogP contribution in [0.4, 0.5) is 0 Å². The van der Waals surface area contributed by atoms with E-state index in [1.807, 2.05) is 24.3 Å². The first-order valence-corrected chi connectivity index (χ1v) is 12.3. The van der Waals surface area contributed by atoms with Gasteiger partial charge in [0.1, 0.15) is 5.66 Å². The minimum Gasteiger partial charge on any atom is -0.313 e. The lowest BCUT2D eigenvalue weighted by Gasteiger charge is -2.53. The molecule has 2 aliphatic heterocycles.